The fourth-order valence-corrected chi connectivity index (χ4v) is 3.36. The molecule has 1 N–H and O–H groups in total. The molecule has 0 bridgehead atoms. The van der Waals surface area contributed by atoms with Gasteiger partial charge < -0.3 is 10.2 Å². The summed E-state index contributed by atoms with van der Waals surface area (Å²) in [6, 6.07) is 12.6. The van der Waals surface area contributed by atoms with E-state index in [1.165, 1.54) is 24.0 Å². The molecule has 25 heavy (non-hydrogen) atoms. The summed E-state index contributed by atoms with van der Waals surface area (Å²) in [4.78, 5) is 26.0. The summed E-state index contributed by atoms with van der Waals surface area (Å²) in [6.07, 6.45) is 0. The van der Waals surface area contributed by atoms with E-state index in [0.717, 1.165) is 0 Å². The van der Waals surface area contributed by atoms with Crippen LogP contribution in [0.2, 0.25) is 0 Å². The number of nitrogens with zero attached hydrogens (tertiary/aromatic N) is 1. The van der Waals surface area contributed by atoms with Gasteiger partial charge in [0.05, 0.1) is 16.2 Å². The molecule has 6 nitrogen and oxygen atoms in total. The third-order valence-electron chi connectivity index (χ3n) is 3.62. The zero-order valence-corrected chi connectivity index (χ0v) is 15.1. The van der Waals surface area contributed by atoms with Crippen LogP contribution in [0.15, 0.2) is 53.4 Å². The van der Waals surface area contributed by atoms with Crippen molar-refractivity contribution in [1.82, 2.24) is 4.90 Å². The predicted molar refractivity (Wildman–Crippen MR) is 96.6 cm³/mol. The second kappa shape index (κ2) is 7.48. The van der Waals surface area contributed by atoms with Gasteiger partial charge in [0.2, 0.25) is 0 Å². The Balaban J connectivity index is 2.33. The second-order valence-corrected chi connectivity index (χ2v) is 7.88. The molecule has 0 fully saturated rings. The van der Waals surface area contributed by atoms with Gasteiger partial charge in [-0.1, -0.05) is 25.1 Å². The summed E-state index contributed by atoms with van der Waals surface area (Å²) in [6.45, 7) is 1.53. The van der Waals surface area contributed by atoms with Crippen molar-refractivity contribution in [3.63, 3.8) is 0 Å². The molecule has 2 rings (SSSR count). The first-order valence-corrected chi connectivity index (χ1v) is 9.36. The van der Waals surface area contributed by atoms with Gasteiger partial charge in [-0.3, -0.25) is 9.59 Å². The molecule has 2 aromatic carbocycles. The molecule has 132 valence electrons. The lowest BCUT2D eigenvalue weighted by Gasteiger charge is -2.13. The molecule has 2 amide bonds. The standard InChI is InChI=1S/C18H20N2O4S/c1-4-25(23,24)16-11-6-5-10-15(16)17(21)19-14-9-7-8-13(12-14)18(22)20(2)3/h5-12H,4H2,1-3H3,(H,19,21). The van der Waals surface area contributed by atoms with Crippen molar-refractivity contribution in [1.29, 1.82) is 0 Å². The number of rotatable bonds is 5. The fraction of sp³-hybridized carbons (Fsp3) is 0.222. The first kappa shape index (κ1) is 18.7. The molecule has 0 aliphatic carbocycles. The molecule has 0 aliphatic heterocycles. The highest BCUT2D eigenvalue weighted by Gasteiger charge is 2.20. The van der Waals surface area contributed by atoms with Gasteiger partial charge in [0.25, 0.3) is 11.8 Å². The van der Waals surface area contributed by atoms with Crippen LogP contribution in [0.5, 0.6) is 0 Å². The lowest BCUT2D eigenvalue weighted by atomic mass is 10.1. The first-order chi connectivity index (χ1) is 11.8. The first-order valence-electron chi connectivity index (χ1n) is 7.71. The lowest BCUT2D eigenvalue weighted by Crippen LogP contribution is -2.22. The van der Waals surface area contributed by atoms with Gasteiger partial charge in [-0.25, -0.2) is 8.42 Å². The Morgan fingerprint density at radius 1 is 1.04 bits per heavy atom. The number of sulfone groups is 1. The molecule has 7 heteroatoms. The van der Waals surface area contributed by atoms with Crippen molar-refractivity contribution < 1.29 is 18.0 Å². The van der Waals surface area contributed by atoms with Crippen LogP contribution in [0.4, 0.5) is 5.69 Å². The van der Waals surface area contributed by atoms with Gasteiger partial charge in [-0.2, -0.15) is 0 Å². The number of amides is 2. The molecule has 0 heterocycles. The molecule has 0 aliphatic rings. The highest BCUT2D eigenvalue weighted by atomic mass is 32.2. The van der Waals surface area contributed by atoms with Crippen molar-refractivity contribution >= 4 is 27.3 Å². The number of nitrogens with one attached hydrogen (secondary N) is 1. The number of benzene rings is 2. The van der Waals surface area contributed by atoms with Crippen molar-refractivity contribution in [2.45, 2.75) is 11.8 Å². The maximum Gasteiger partial charge on any atom is 0.256 e. The molecule has 0 saturated carbocycles. The predicted octanol–water partition coefficient (Wildman–Crippen LogP) is 2.43. The summed E-state index contributed by atoms with van der Waals surface area (Å²) in [5.41, 5.74) is 0.923. The fourth-order valence-electron chi connectivity index (χ4n) is 2.27. The van der Waals surface area contributed by atoms with E-state index >= 15 is 0 Å². The quantitative estimate of drug-likeness (QED) is 0.888. The highest BCUT2D eigenvalue weighted by Crippen LogP contribution is 2.19. The largest absolute Gasteiger partial charge is 0.345 e. The molecule has 0 atom stereocenters. The van der Waals surface area contributed by atoms with Gasteiger partial charge in [-0.05, 0) is 30.3 Å². The lowest BCUT2D eigenvalue weighted by molar-refractivity contribution is 0.0827. The normalized spacial score (nSPS) is 11.0. The summed E-state index contributed by atoms with van der Waals surface area (Å²) < 4.78 is 24.3. The van der Waals surface area contributed by atoms with E-state index in [1.807, 2.05) is 0 Å². The van der Waals surface area contributed by atoms with Crippen LogP contribution in [0.1, 0.15) is 27.6 Å². The molecule has 0 spiro atoms. The van der Waals surface area contributed by atoms with Crippen LogP contribution in [0.25, 0.3) is 0 Å². The monoisotopic (exact) mass is 360 g/mol. The highest BCUT2D eigenvalue weighted by molar-refractivity contribution is 7.91. The van der Waals surface area contributed by atoms with E-state index in [9.17, 15) is 18.0 Å². The minimum atomic E-state index is -3.52. The van der Waals surface area contributed by atoms with E-state index in [-0.39, 0.29) is 22.1 Å². The van der Waals surface area contributed by atoms with Crippen molar-refractivity contribution in [2.75, 3.05) is 25.2 Å². The molecule has 0 radical (unpaired) electrons. The van der Waals surface area contributed by atoms with E-state index in [2.05, 4.69) is 5.32 Å². The van der Waals surface area contributed by atoms with Crippen LogP contribution >= 0.6 is 0 Å². The summed E-state index contributed by atoms with van der Waals surface area (Å²) in [5.74, 6) is -0.823. The average molecular weight is 360 g/mol. The summed E-state index contributed by atoms with van der Waals surface area (Å²) in [7, 11) is -0.244. The SMILES string of the molecule is CCS(=O)(=O)c1ccccc1C(=O)Nc1cccc(C(=O)N(C)C)c1. The Bertz CT molecular complexity index is 905. The van der Waals surface area contributed by atoms with Crippen LogP contribution in [0.3, 0.4) is 0 Å². The Kier molecular flexibility index (Phi) is 5.58. The number of carbonyl (C=O) groups excluding carboxylic acids is 2. The number of hydrogen-bond donors (Lipinski definition) is 1. The molecule has 2 aromatic rings. The molecule has 0 saturated heterocycles. The maximum absolute atomic E-state index is 12.5. The van der Waals surface area contributed by atoms with E-state index in [4.69, 9.17) is 0 Å². The zero-order chi connectivity index (χ0) is 18.6. The number of anilines is 1. The topological polar surface area (TPSA) is 83.5 Å². The Morgan fingerprint density at radius 3 is 2.36 bits per heavy atom. The minimum Gasteiger partial charge on any atom is -0.345 e. The van der Waals surface area contributed by atoms with E-state index in [0.29, 0.717) is 11.3 Å². The Morgan fingerprint density at radius 2 is 1.72 bits per heavy atom. The van der Waals surface area contributed by atoms with Gasteiger partial charge in [-0.15, -0.1) is 0 Å². The Hall–Kier alpha value is -2.67. The van der Waals surface area contributed by atoms with Crippen molar-refractivity contribution in [2.24, 2.45) is 0 Å². The number of carbonyl (C=O) groups is 2. The van der Waals surface area contributed by atoms with Gasteiger partial charge in [0, 0.05) is 25.3 Å². The van der Waals surface area contributed by atoms with Gasteiger partial charge >= 0.3 is 0 Å². The molecular formula is C18H20N2O4S. The van der Waals surface area contributed by atoms with Crippen molar-refractivity contribution in [3.8, 4) is 0 Å². The third-order valence-corrected chi connectivity index (χ3v) is 5.41. The third kappa shape index (κ3) is 4.24. The number of hydrogen-bond acceptors (Lipinski definition) is 4. The van der Waals surface area contributed by atoms with Gasteiger partial charge in [0.1, 0.15) is 0 Å². The van der Waals surface area contributed by atoms with Gasteiger partial charge in [0.15, 0.2) is 9.84 Å². The average Bonchev–Trinajstić information content (AvgIpc) is 2.61. The smallest absolute Gasteiger partial charge is 0.256 e. The summed E-state index contributed by atoms with van der Waals surface area (Å²) in [5, 5.41) is 2.65. The van der Waals surface area contributed by atoms with E-state index < -0.39 is 15.7 Å². The zero-order valence-electron chi connectivity index (χ0n) is 14.3. The molecule has 0 aromatic heterocycles. The van der Waals surface area contributed by atoms with Crippen LogP contribution in [0, 0.1) is 0 Å². The molecule has 0 unspecified atom stereocenters. The summed E-state index contributed by atoms with van der Waals surface area (Å²) >= 11 is 0. The van der Waals surface area contributed by atoms with Crippen LogP contribution in [-0.2, 0) is 9.84 Å². The minimum absolute atomic E-state index is 0.00415. The maximum atomic E-state index is 12.5. The Labute approximate surface area is 147 Å². The van der Waals surface area contributed by atoms with Crippen LogP contribution < -0.4 is 5.32 Å². The second-order valence-electron chi connectivity index (χ2n) is 5.63. The molecular weight excluding hydrogens is 340 g/mol. The van der Waals surface area contributed by atoms with Crippen molar-refractivity contribution in [3.05, 3.63) is 59.7 Å². The van der Waals surface area contributed by atoms with E-state index in [1.54, 1.807) is 50.5 Å². The van der Waals surface area contributed by atoms with Crippen LogP contribution in [-0.4, -0.2) is 45.0 Å².